The number of para-hydroxylation sites is 2. The number of halogens is 3. The van der Waals surface area contributed by atoms with Crippen LogP contribution in [0.15, 0.2) is 24.3 Å². The molecule has 1 fully saturated rings. The van der Waals surface area contributed by atoms with Crippen LogP contribution in [0.1, 0.15) is 6.42 Å². The zero-order valence-electron chi connectivity index (χ0n) is 11.8. The largest absolute Gasteiger partial charge is 0.573 e. The minimum Gasteiger partial charge on any atom is -0.404 e. The lowest BCUT2D eigenvalue weighted by Crippen LogP contribution is -2.47. The monoisotopic (exact) mass is 303 g/mol. The van der Waals surface area contributed by atoms with Crippen molar-refractivity contribution in [3.8, 4) is 5.75 Å². The molecule has 0 bridgehead atoms. The summed E-state index contributed by atoms with van der Waals surface area (Å²) in [5.41, 5.74) is 5.98. The molecule has 2 rings (SSSR count). The first-order valence-electron chi connectivity index (χ1n) is 7.02. The van der Waals surface area contributed by atoms with E-state index in [0.717, 1.165) is 26.1 Å². The summed E-state index contributed by atoms with van der Waals surface area (Å²) in [6.45, 7) is 4.60. The molecule has 2 N–H and O–H groups in total. The van der Waals surface area contributed by atoms with Crippen LogP contribution in [0, 0.1) is 0 Å². The van der Waals surface area contributed by atoms with Crippen molar-refractivity contribution in [2.45, 2.75) is 12.8 Å². The van der Waals surface area contributed by atoms with Crippen LogP contribution < -0.4 is 15.4 Å². The third-order valence-corrected chi connectivity index (χ3v) is 3.48. The molecule has 0 aliphatic carbocycles. The average molecular weight is 303 g/mol. The van der Waals surface area contributed by atoms with Gasteiger partial charge in [-0.3, -0.25) is 4.90 Å². The first-order valence-corrected chi connectivity index (χ1v) is 7.02. The maximum atomic E-state index is 12.4. The summed E-state index contributed by atoms with van der Waals surface area (Å²) >= 11 is 0. The van der Waals surface area contributed by atoms with Gasteiger partial charge in [-0.2, -0.15) is 0 Å². The first-order chi connectivity index (χ1) is 9.99. The van der Waals surface area contributed by atoms with Crippen molar-refractivity contribution in [3.05, 3.63) is 24.3 Å². The Balaban J connectivity index is 2.00. The highest BCUT2D eigenvalue weighted by molar-refractivity contribution is 5.58. The lowest BCUT2D eigenvalue weighted by atomic mass is 10.2. The molecule has 21 heavy (non-hydrogen) atoms. The van der Waals surface area contributed by atoms with Gasteiger partial charge in [0.05, 0.1) is 5.69 Å². The molecule has 1 aliphatic rings. The Labute approximate surface area is 122 Å². The quantitative estimate of drug-likeness (QED) is 0.904. The summed E-state index contributed by atoms with van der Waals surface area (Å²) in [7, 11) is 0. The predicted octanol–water partition coefficient (Wildman–Crippen LogP) is 2.06. The van der Waals surface area contributed by atoms with E-state index in [4.69, 9.17) is 5.73 Å². The van der Waals surface area contributed by atoms with E-state index in [9.17, 15) is 13.2 Å². The number of hydrogen-bond acceptors (Lipinski definition) is 4. The fourth-order valence-electron chi connectivity index (χ4n) is 2.46. The molecule has 0 radical (unpaired) electrons. The van der Waals surface area contributed by atoms with E-state index in [1.54, 1.807) is 18.2 Å². The highest BCUT2D eigenvalue weighted by Gasteiger charge is 2.33. The number of ether oxygens (including phenoxy) is 1. The highest BCUT2D eigenvalue weighted by Crippen LogP contribution is 2.33. The second-order valence-electron chi connectivity index (χ2n) is 4.99. The Bertz CT molecular complexity index is 445. The van der Waals surface area contributed by atoms with Crippen molar-refractivity contribution >= 4 is 5.69 Å². The summed E-state index contributed by atoms with van der Waals surface area (Å²) in [5.74, 6) is -0.139. The molecule has 1 saturated heterocycles. The summed E-state index contributed by atoms with van der Waals surface area (Å²) < 4.78 is 41.4. The minimum atomic E-state index is -4.67. The Morgan fingerprint density at radius 3 is 2.38 bits per heavy atom. The number of benzene rings is 1. The Kier molecular flexibility index (Phi) is 5.30. The molecular formula is C14H20F3N3O. The van der Waals surface area contributed by atoms with E-state index in [1.165, 1.54) is 6.07 Å². The van der Waals surface area contributed by atoms with Gasteiger partial charge in [-0.15, -0.1) is 13.2 Å². The second-order valence-corrected chi connectivity index (χ2v) is 4.99. The average Bonchev–Trinajstić information content (AvgIpc) is 2.45. The van der Waals surface area contributed by atoms with Crippen LogP contribution >= 0.6 is 0 Å². The van der Waals surface area contributed by atoms with Crippen molar-refractivity contribution in [3.63, 3.8) is 0 Å². The van der Waals surface area contributed by atoms with E-state index < -0.39 is 6.36 Å². The number of rotatable bonds is 5. The number of nitrogens with two attached hydrogens (primary N) is 1. The molecular weight excluding hydrogens is 283 g/mol. The lowest BCUT2D eigenvalue weighted by Gasteiger charge is -2.36. The zero-order chi connectivity index (χ0) is 15.3. The number of anilines is 1. The van der Waals surface area contributed by atoms with E-state index in [-0.39, 0.29) is 5.75 Å². The third kappa shape index (κ3) is 4.78. The zero-order valence-corrected chi connectivity index (χ0v) is 11.8. The summed E-state index contributed by atoms with van der Waals surface area (Å²) in [5, 5.41) is 0. The van der Waals surface area contributed by atoms with Crippen molar-refractivity contribution in [2.24, 2.45) is 5.73 Å². The van der Waals surface area contributed by atoms with Crippen molar-refractivity contribution in [2.75, 3.05) is 44.2 Å². The first kappa shape index (κ1) is 15.9. The van der Waals surface area contributed by atoms with Gasteiger partial charge in [0.25, 0.3) is 0 Å². The van der Waals surface area contributed by atoms with Gasteiger partial charge in [-0.1, -0.05) is 12.1 Å². The van der Waals surface area contributed by atoms with Crippen LogP contribution in [0.3, 0.4) is 0 Å². The van der Waals surface area contributed by atoms with Gasteiger partial charge in [0.2, 0.25) is 0 Å². The molecule has 0 saturated carbocycles. The van der Waals surface area contributed by atoms with Crippen LogP contribution in [0.2, 0.25) is 0 Å². The molecule has 118 valence electrons. The lowest BCUT2D eigenvalue weighted by molar-refractivity contribution is -0.274. The van der Waals surface area contributed by atoms with E-state index >= 15 is 0 Å². The van der Waals surface area contributed by atoms with Gasteiger partial charge < -0.3 is 15.4 Å². The van der Waals surface area contributed by atoms with Gasteiger partial charge in [0.15, 0.2) is 5.75 Å². The van der Waals surface area contributed by atoms with Crippen molar-refractivity contribution in [1.82, 2.24) is 4.90 Å². The van der Waals surface area contributed by atoms with Crippen LogP contribution in [0.4, 0.5) is 18.9 Å². The van der Waals surface area contributed by atoms with Crippen LogP contribution in [0.5, 0.6) is 5.75 Å². The summed E-state index contributed by atoms with van der Waals surface area (Å²) in [6.07, 6.45) is -3.73. The Morgan fingerprint density at radius 1 is 1.10 bits per heavy atom. The van der Waals surface area contributed by atoms with Crippen LogP contribution in [-0.4, -0.2) is 50.5 Å². The number of nitrogens with zero attached hydrogens (tertiary/aromatic N) is 2. The highest BCUT2D eigenvalue weighted by atomic mass is 19.4. The molecule has 0 amide bonds. The fourth-order valence-corrected chi connectivity index (χ4v) is 2.46. The van der Waals surface area contributed by atoms with Gasteiger partial charge in [0.1, 0.15) is 0 Å². The number of piperazine rings is 1. The Morgan fingerprint density at radius 2 is 1.76 bits per heavy atom. The fraction of sp³-hybridized carbons (Fsp3) is 0.571. The van der Waals surface area contributed by atoms with E-state index in [0.29, 0.717) is 25.3 Å². The summed E-state index contributed by atoms with van der Waals surface area (Å²) in [6, 6.07) is 6.28. The molecule has 1 aromatic carbocycles. The Hall–Kier alpha value is -1.47. The second kappa shape index (κ2) is 7.00. The maximum absolute atomic E-state index is 12.4. The minimum absolute atomic E-state index is 0.139. The van der Waals surface area contributed by atoms with Gasteiger partial charge in [-0.05, 0) is 31.6 Å². The molecule has 0 spiro atoms. The van der Waals surface area contributed by atoms with Gasteiger partial charge in [0, 0.05) is 26.2 Å². The number of hydrogen-bond donors (Lipinski definition) is 1. The number of alkyl halides is 3. The smallest absolute Gasteiger partial charge is 0.404 e. The standard InChI is InChI=1S/C14H20F3N3O/c15-14(16,17)21-13-5-2-1-4-12(13)20-10-8-19(9-11-20)7-3-6-18/h1-2,4-5H,3,6-11,18H2. The molecule has 0 unspecified atom stereocenters. The molecule has 4 nitrogen and oxygen atoms in total. The van der Waals surface area contributed by atoms with Gasteiger partial charge >= 0.3 is 6.36 Å². The van der Waals surface area contributed by atoms with E-state index in [1.807, 2.05) is 4.90 Å². The summed E-state index contributed by atoms with van der Waals surface area (Å²) in [4.78, 5) is 4.20. The van der Waals surface area contributed by atoms with Crippen molar-refractivity contribution in [1.29, 1.82) is 0 Å². The molecule has 1 aliphatic heterocycles. The molecule has 0 aromatic heterocycles. The van der Waals surface area contributed by atoms with Crippen LogP contribution in [-0.2, 0) is 0 Å². The molecule has 1 heterocycles. The maximum Gasteiger partial charge on any atom is 0.573 e. The SMILES string of the molecule is NCCCN1CCN(c2ccccc2OC(F)(F)F)CC1. The molecule has 0 atom stereocenters. The molecule has 7 heteroatoms. The topological polar surface area (TPSA) is 41.7 Å². The molecule has 1 aromatic rings. The van der Waals surface area contributed by atoms with Crippen molar-refractivity contribution < 1.29 is 17.9 Å². The predicted molar refractivity (Wildman–Crippen MR) is 75.4 cm³/mol. The normalized spacial score (nSPS) is 17.0. The third-order valence-electron chi connectivity index (χ3n) is 3.48. The van der Waals surface area contributed by atoms with Gasteiger partial charge in [-0.25, -0.2) is 0 Å². The van der Waals surface area contributed by atoms with Crippen LogP contribution in [0.25, 0.3) is 0 Å². The van der Waals surface area contributed by atoms with E-state index in [2.05, 4.69) is 9.64 Å².